The fourth-order valence-electron chi connectivity index (χ4n) is 1.77. The summed E-state index contributed by atoms with van der Waals surface area (Å²) in [5.41, 5.74) is 9.50. The van der Waals surface area contributed by atoms with Crippen molar-refractivity contribution < 1.29 is 4.74 Å². The van der Waals surface area contributed by atoms with Crippen LogP contribution in [-0.2, 0) is 7.05 Å². The molecule has 0 spiro atoms. The Morgan fingerprint density at radius 3 is 2.81 bits per heavy atom. The van der Waals surface area contributed by atoms with Crippen molar-refractivity contribution in [2.45, 2.75) is 13.0 Å². The zero-order valence-electron chi connectivity index (χ0n) is 9.60. The van der Waals surface area contributed by atoms with Gasteiger partial charge in [0.15, 0.2) is 5.75 Å². The summed E-state index contributed by atoms with van der Waals surface area (Å²) in [6.45, 7) is 2.06. The number of nitrogens with zero attached hydrogens (tertiary/aromatic N) is 2. The van der Waals surface area contributed by atoms with Crippen LogP contribution in [0.3, 0.4) is 0 Å². The number of ether oxygens (including phenoxy) is 1. The third-order valence-electron chi connectivity index (χ3n) is 2.69. The summed E-state index contributed by atoms with van der Waals surface area (Å²) in [5.74, 6) is 0.737. The topological polar surface area (TPSA) is 53.1 Å². The Hall–Kier alpha value is -1.33. The van der Waals surface area contributed by atoms with Crippen molar-refractivity contribution in [2.75, 3.05) is 7.11 Å². The van der Waals surface area contributed by atoms with Gasteiger partial charge in [-0.05, 0) is 28.8 Å². The predicted octanol–water partition coefficient (Wildman–Crippen LogP) is 1.85. The fraction of sp³-hybridized carbons (Fsp3) is 0.364. The Morgan fingerprint density at radius 1 is 1.50 bits per heavy atom. The summed E-state index contributed by atoms with van der Waals surface area (Å²) < 4.78 is 7.03. The normalized spacial score (nSPS) is 12.8. The maximum Gasteiger partial charge on any atom is 0.161 e. The second-order valence-corrected chi connectivity index (χ2v) is 4.45. The van der Waals surface area contributed by atoms with Gasteiger partial charge in [-0.15, -0.1) is 0 Å². The molecule has 0 radical (unpaired) electrons. The molecule has 0 fully saturated rings. The van der Waals surface area contributed by atoms with Crippen molar-refractivity contribution in [1.82, 2.24) is 9.78 Å². The van der Waals surface area contributed by atoms with E-state index in [1.54, 1.807) is 29.3 Å². The van der Waals surface area contributed by atoms with Crippen LogP contribution >= 0.6 is 11.3 Å². The summed E-state index contributed by atoms with van der Waals surface area (Å²) >= 11 is 1.66. The van der Waals surface area contributed by atoms with Crippen LogP contribution in [0.4, 0.5) is 0 Å². The van der Waals surface area contributed by atoms with Gasteiger partial charge in [-0.3, -0.25) is 4.68 Å². The Bertz CT molecular complexity index is 489. The number of thiophene rings is 1. The Kier molecular flexibility index (Phi) is 2.98. The van der Waals surface area contributed by atoms with E-state index >= 15 is 0 Å². The number of hydrogen-bond donors (Lipinski definition) is 1. The van der Waals surface area contributed by atoms with Gasteiger partial charge in [0.25, 0.3) is 0 Å². The fourth-order valence-corrected chi connectivity index (χ4v) is 2.66. The zero-order valence-corrected chi connectivity index (χ0v) is 10.4. The Morgan fingerprint density at radius 2 is 2.25 bits per heavy atom. The van der Waals surface area contributed by atoms with Crippen molar-refractivity contribution in [3.63, 3.8) is 0 Å². The van der Waals surface area contributed by atoms with Gasteiger partial charge in [0.05, 0.1) is 19.3 Å². The van der Waals surface area contributed by atoms with E-state index in [4.69, 9.17) is 10.5 Å². The van der Waals surface area contributed by atoms with Crippen LogP contribution in [0.15, 0.2) is 17.0 Å². The van der Waals surface area contributed by atoms with Gasteiger partial charge in [-0.2, -0.15) is 16.4 Å². The van der Waals surface area contributed by atoms with Gasteiger partial charge in [-0.1, -0.05) is 0 Å². The van der Waals surface area contributed by atoms with Gasteiger partial charge in [0.1, 0.15) is 5.69 Å². The molecule has 16 heavy (non-hydrogen) atoms. The van der Waals surface area contributed by atoms with E-state index in [0.29, 0.717) is 0 Å². The van der Waals surface area contributed by atoms with Crippen LogP contribution in [0.5, 0.6) is 5.75 Å². The number of rotatable bonds is 3. The quantitative estimate of drug-likeness (QED) is 0.886. The molecule has 0 aliphatic rings. The lowest BCUT2D eigenvalue weighted by Crippen LogP contribution is -2.17. The summed E-state index contributed by atoms with van der Waals surface area (Å²) in [6.07, 6.45) is 1.69. The minimum Gasteiger partial charge on any atom is -0.493 e. The lowest BCUT2D eigenvalue weighted by molar-refractivity contribution is 0.406. The maximum absolute atomic E-state index is 6.25. The van der Waals surface area contributed by atoms with Crippen molar-refractivity contribution in [3.8, 4) is 5.75 Å². The molecule has 1 unspecified atom stereocenters. The molecule has 2 aromatic rings. The van der Waals surface area contributed by atoms with Crippen LogP contribution in [0.2, 0.25) is 0 Å². The van der Waals surface area contributed by atoms with Crippen LogP contribution in [0.25, 0.3) is 0 Å². The minimum absolute atomic E-state index is 0.186. The monoisotopic (exact) mass is 237 g/mol. The maximum atomic E-state index is 6.25. The van der Waals surface area contributed by atoms with E-state index in [2.05, 4.69) is 22.8 Å². The Labute approximate surface area is 98.6 Å². The lowest BCUT2D eigenvalue weighted by atomic mass is 10.0. The van der Waals surface area contributed by atoms with Crippen molar-refractivity contribution in [1.29, 1.82) is 0 Å². The summed E-state index contributed by atoms with van der Waals surface area (Å²) in [4.78, 5) is 0. The summed E-state index contributed by atoms with van der Waals surface area (Å²) in [6, 6.07) is -0.186. The number of aryl methyl sites for hydroxylation is 2. The van der Waals surface area contributed by atoms with Gasteiger partial charge in [0.2, 0.25) is 0 Å². The largest absolute Gasteiger partial charge is 0.493 e. The van der Waals surface area contributed by atoms with Crippen LogP contribution in [-0.4, -0.2) is 16.9 Å². The molecule has 2 N–H and O–H groups in total. The molecule has 0 bridgehead atoms. The highest BCUT2D eigenvalue weighted by atomic mass is 32.1. The molecule has 2 aromatic heterocycles. The number of aromatic nitrogens is 2. The number of nitrogens with two attached hydrogens (primary N) is 1. The molecule has 0 aliphatic heterocycles. The molecule has 5 heteroatoms. The van der Waals surface area contributed by atoms with Crippen molar-refractivity contribution >= 4 is 11.3 Å². The molecule has 86 valence electrons. The second kappa shape index (κ2) is 4.27. The molecule has 2 rings (SSSR count). The van der Waals surface area contributed by atoms with Crippen LogP contribution in [0.1, 0.15) is 22.9 Å². The second-order valence-electron chi connectivity index (χ2n) is 3.71. The molecule has 1 atom stereocenters. The minimum atomic E-state index is -0.186. The highest BCUT2D eigenvalue weighted by molar-refractivity contribution is 7.08. The van der Waals surface area contributed by atoms with E-state index in [1.165, 1.54) is 5.56 Å². The van der Waals surface area contributed by atoms with Gasteiger partial charge in [-0.25, -0.2) is 0 Å². The van der Waals surface area contributed by atoms with Crippen LogP contribution in [0, 0.1) is 6.92 Å². The average Bonchev–Trinajstić information content (AvgIpc) is 2.83. The summed E-state index contributed by atoms with van der Waals surface area (Å²) in [5, 5.41) is 8.33. The SMILES string of the molecule is COc1cnn(C)c1C(N)c1cscc1C. The molecule has 0 saturated heterocycles. The van der Waals surface area contributed by atoms with Crippen LogP contribution < -0.4 is 10.5 Å². The number of methoxy groups -OCH3 is 1. The molecular formula is C11H15N3OS. The average molecular weight is 237 g/mol. The molecular weight excluding hydrogens is 222 g/mol. The first kappa shape index (κ1) is 11.2. The van der Waals surface area contributed by atoms with Gasteiger partial charge in [0, 0.05) is 7.05 Å². The first-order valence-electron chi connectivity index (χ1n) is 4.99. The van der Waals surface area contributed by atoms with E-state index < -0.39 is 0 Å². The smallest absolute Gasteiger partial charge is 0.161 e. The lowest BCUT2D eigenvalue weighted by Gasteiger charge is -2.13. The molecule has 0 aliphatic carbocycles. The van der Waals surface area contributed by atoms with Crippen molar-refractivity contribution in [2.24, 2.45) is 12.8 Å². The summed E-state index contributed by atoms with van der Waals surface area (Å²) in [7, 11) is 3.51. The number of hydrogen-bond acceptors (Lipinski definition) is 4. The van der Waals surface area contributed by atoms with E-state index in [-0.39, 0.29) is 6.04 Å². The molecule has 2 heterocycles. The van der Waals surface area contributed by atoms with E-state index in [1.807, 2.05) is 7.05 Å². The third kappa shape index (κ3) is 1.72. The van der Waals surface area contributed by atoms with E-state index in [0.717, 1.165) is 17.0 Å². The van der Waals surface area contributed by atoms with Gasteiger partial charge < -0.3 is 10.5 Å². The third-order valence-corrected chi connectivity index (χ3v) is 3.57. The Balaban J connectivity index is 2.44. The van der Waals surface area contributed by atoms with Gasteiger partial charge >= 0.3 is 0 Å². The first-order valence-corrected chi connectivity index (χ1v) is 5.93. The van der Waals surface area contributed by atoms with Crippen molar-refractivity contribution in [3.05, 3.63) is 33.8 Å². The highest BCUT2D eigenvalue weighted by Crippen LogP contribution is 2.30. The molecule has 0 amide bonds. The first-order chi connectivity index (χ1) is 7.65. The molecule has 0 aromatic carbocycles. The standard InChI is InChI=1S/C11H15N3OS/c1-7-5-16-6-8(7)10(12)11-9(15-3)4-13-14(11)2/h4-6,10H,12H2,1-3H3. The molecule has 0 saturated carbocycles. The zero-order chi connectivity index (χ0) is 11.7. The highest BCUT2D eigenvalue weighted by Gasteiger charge is 2.20. The van der Waals surface area contributed by atoms with E-state index in [9.17, 15) is 0 Å². The predicted molar refractivity (Wildman–Crippen MR) is 64.8 cm³/mol. The molecule has 4 nitrogen and oxygen atoms in total.